The molecule has 2 aliphatic heterocycles. The van der Waals surface area contributed by atoms with Gasteiger partial charge in [0.05, 0.1) is 18.7 Å². The zero-order valence-electron chi connectivity index (χ0n) is 14.2. The number of piperidine rings is 1. The number of nitrogens with zero attached hydrogens (tertiary/aromatic N) is 3. The third-order valence-electron chi connectivity index (χ3n) is 5.15. The van der Waals surface area contributed by atoms with Crippen molar-refractivity contribution in [2.75, 3.05) is 44.3 Å². The number of morpholine rings is 1. The van der Waals surface area contributed by atoms with Crippen LogP contribution in [0.3, 0.4) is 0 Å². The first-order valence-electron chi connectivity index (χ1n) is 8.89. The molecule has 2 fully saturated rings. The molecule has 0 radical (unpaired) electrons. The van der Waals surface area contributed by atoms with E-state index in [2.05, 4.69) is 39.0 Å². The standard InChI is InChI=1S/C19H22BrN3O2/c20-16-3-1-2-14-4-5-17(21-18(14)16)22-8-6-15(7-9-22)19(24)23-10-12-25-13-11-23/h1-5,15H,6-13H2. The molecule has 0 aliphatic carbocycles. The summed E-state index contributed by atoms with van der Waals surface area (Å²) >= 11 is 3.59. The molecule has 0 spiro atoms. The van der Waals surface area contributed by atoms with Crippen molar-refractivity contribution >= 4 is 38.6 Å². The average Bonchev–Trinajstić information content (AvgIpc) is 2.68. The fourth-order valence-electron chi connectivity index (χ4n) is 3.67. The van der Waals surface area contributed by atoms with Gasteiger partial charge in [-0.3, -0.25) is 4.79 Å². The van der Waals surface area contributed by atoms with E-state index in [4.69, 9.17) is 9.72 Å². The second-order valence-electron chi connectivity index (χ2n) is 6.68. The molecule has 4 rings (SSSR count). The van der Waals surface area contributed by atoms with E-state index in [9.17, 15) is 4.79 Å². The summed E-state index contributed by atoms with van der Waals surface area (Å²) < 4.78 is 6.36. The van der Waals surface area contributed by atoms with Crippen molar-refractivity contribution in [3.8, 4) is 0 Å². The Morgan fingerprint density at radius 3 is 2.60 bits per heavy atom. The SMILES string of the molecule is O=C(C1CCN(c2ccc3cccc(Br)c3n2)CC1)N1CCOCC1. The molecule has 132 valence electrons. The first kappa shape index (κ1) is 16.8. The molecule has 1 aromatic carbocycles. The van der Waals surface area contributed by atoms with Crippen molar-refractivity contribution in [3.05, 3.63) is 34.8 Å². The van der Waals surface area contributed by atoms with E-state index >= 15 is 0 Å². The van der Waals surface area contributed by atoms with Gasteiger partial charge in [-0.05, 0) is 47.0 Å². The van der Waals surface area contributed by atoms with E-state index in [-0.39, 0.29) is 5.92 Å². The Morgan fingerprint density at radius 1 is 1.08 bits per heavy atom. The van der Waals surface area contributed by atoms with Crippen LogP contribution in [-0.4, -0.2) is 55.2 Å². The molecule has 0 saturated carbocycles. The van der Waals surface area contributed by atoms with Crippen molar-refractivity contribution in [3.63, 3.8) is 0 Å². The Balaban J connectivity index is 1.43. The molecule has 2 aromatic rings. The van der Waals surface area contributed by atoms with Gasteiger partial charge in [-0.15, -0.1) is 0 Å². The molecule has 2 aliphatic rings. The smallest absolute Gasteiger partial charge is 0.225 e. The number of ether oxygens (including phenoxy) is 1. The molecule has 25 heavy (non-hydrogen) atoms. The summed E-state index contributed by atoms with van der Waals surface area (Å²) in [7, 11) is 0. The fourth-order valence-corrected chi connectivity index (χ4v) is 4.14. The normalized spacial score (nSPS) is 19.4. The maximum Gasteiger partial charge on any atom is 0.225 e. The topological polar surface area (TPSA) is 45.7 Å². The lowest BCUT2D eigenvalue weighted by Gasteiger charge is -2.36. The number of para-hydroxylation sites is 1. The van der Waals surface area contributed by atoms with Crippen molar-refractivity contribution in [2.24, 2.45) is 5.92 Å². The number of halogens is 1. The van der Waals surface area contributed by atoms with Crippen LogP contribution in [0.1, 0.15) is 12.8 Å². The van der Waals surface area contributed by atoms with E-state index < -0.39 is 0 Å². The number of amides is 1. The van der Waals surface area contributed by atoms with E-state index in [1.165, 1.54) is 0 Å². The summed E-state index contributed by atoms with van der Waals surface area (Å²) in [5.41, 5.74) is 0.992. The molecule has 3 heterocycles. The number of benzene rings is 1. The van der Waals surface area contributed by atoms with Gasteiger partial charge < -0.3 is 14.5 Å². The fraction of sp³-hybridized carbons (Fsp3) is 0.474. The summed E-state index contributed by atoms with van der Waals surface area (Å²) in [4.78, 5) is 21.7. The Hall–Kier alpha value is -1.66. The number of anilines is 1. The Labute approximate surface area is 156 Å². The van der Waals surface area contributed by atoms with Crippen LogP contribution < -0.4 is 4.90 Å². The summed E-state index contributed by atoms with van der Waals surface area (Å²) in [6, 6.07) is 10.3. The molecule has 2 saturated heterocycles. The van der Waals surface area contributed by atoms with Gasteiger partial charge in [0.15, 0.2) is 0 Å². The molecule has 0 atom stereocenters. The number of aromatic nitrogens is 1. The predicted octanol–water partition coefficient (Wildman–Crippen LogP) is 3.07. The van der Waals surface area contributed by atoms with Crippen molar-refractivity contribution in [2.45, 2.75) is 12.8 Å². The lowest BCUT2D eigenvalue weighted by atomic mass is 9.95. The first-order valence-corrected chi connectivity index (χ1v) is 9.68. The highest BCUT2D eigenvalue weighted by molar-refractivity contribution is 9.10. The molecule has 0 N–H and O–H groups in total. The van der Waals surface area contributed by atoms with Gasteiger partial charge in [-0.1, -0.05) is 12.1 Å². The number of fused-ring (bicyclic) bond motifs is 1. The Morgan fingerprint density at radius 2 is 1.84 bits per heavy atom. The monoisotopic (exact) mass is 403 g/mol. The van der Waals surface area contributed by atoms with Gasteiger partial charge in [0.1, 0.15) is 5.82 Å². The van der Waals surface area contributed by atoms with Gasteiger partial charge >= 0.3 is 0 Å². The molecule has 0 bridgehead atoms. The lowest BCUT2D eigenvalue weighted by Crippen LogP contribution is -2.46. The minimum atomic E-state index is 0.140. The predicted molar refractivity (Wildman–Crippen MR) is 102 cm³/mol. The molecular formula is C19H22BrN3O2. The highest BCUT2D eigenvalue weighted by Crippen LogP contribution is 2.28. The van der Waals surface area contributed by atoms with Gasteiger partial charge in [-0.2, -0.15) is 0 Å². The lowest BCUT2D eigenvalue weighted by molar-refractivity contribution is -0.140. The van der Waals surface area contributed by atoms with E-state index in [1.807, 2.05) is 17.0 Å². The first-order chi connectivity index (χ1) is 12.2. The van der Waals surface area contributed by atoms with Crippen LogP contribution in [0.15, 0.2) is 34.8 Å². The van der Waals surface area contributed by atoms with Gasteiger partial charge in [-0.25, -0.2) is 4.98 Å². The zero-order valence-corrected chi connectivity index (χ0v) is 15.7. The van der Waals surface area contributed by atoms with Gasteiger partial charge in [0.25, 0.3) is 0 Å². The van der Waals surface area contributed by atoms with Gasteiger partial charge in [0, 0.05) is 42.0 Å². The van der Waals surface area contributed by atoms with E-state index in [0.717, 1.165) is 60.2 Å². The highest BCUT2D eigenvalue weighted by atomic mass is 79.9. The molecule has 0 unspecified atom stereocenters. The number of hydrogen-bond acceptors (Lipinski definition) is 4. The van der Waals surface area contributed by atoms with E-state index in [0.29, 0.717) is 19.1 Å². The minimum absolute atomic E-state index is 0.140. The molecule has 6 heteroatoms. The van der Waals surface area contributed by atoms with Crippen LogP contribution in [0.2, 0.25) is 0 Å². The number of rotatable bonds is 2. The van der Waals surface area contributed by atoms with Crippen LogP contribution in [-0.2, 0) is 9.53 Å². The Kier molecular flexibility index (Phi) is 4.90. The average molecular weight is 404 g/mol. The summed E-state index contributed by atoms with van der Waals surface area (Å²) in [5, 5.41) is 1.13. The second kappa shape index (κ2) is 7.30. The zero-order chi connectivity index (χ0) is 17.2. The summed E-state index contributed by atoms with van der Waals surface area (Å²) in [6.07, 6.45) is 1.79. The summed E-state index contributed by atoms with van der Waals surface area (Å²) in [6.45, 7) is 4.56. The largest absolute Gasteiger partial charge is 0.378 e. The third kappa shape index (κ3) is 3.51. The maximum absolute atomic E-state index is 12.6. The van der Waals surface area contributed by atoms with Crippen molar-refractivity contribution < 1.29 is 9.53 Å². The number of pyridine rings is 1. The van der Waals surface area contributed by atoms with Crippen LogP contribution in [0.25, 0.3) is 10.9 Å². The van der Waals surface area contributed by atoms with Crippen molar-refractivity contribution in [1.29, 1.82) is 0 Å². The summed E-state index contributed by atoms with van der Waals surface area (Å²) in [5.74, 6) is 1.44. The number of carbonyl (C=O) groups is 1. The van der Waals surface area contributed by atoms with Crippen LogP contribution >= 0.6 is 15.9 Å². The second-order valence-corrected chi connectivity index (χ2v) is 7.53. The number of hydrogen-bond donors (Lipinski definition) is 0. The van der Waals surface area contributed by atoms with Crippen molar-refractivity contribution in [1.82, 2.24) is 9.88 Å². The maximum atomic E-state index is 12.6. The molecule has 5 nitrogen and oxygen atoms in total. The van der Waals surface area contributed by atoms with Gasteiger partial charge in [0.2, 0.25) is 5.91 Å². The number of carbonyl (C=O) groups excluding carboxylic acids is 1. The molecule has 1 aromatic heterocycles. The Bertz CT molecular complexity index is 768. The molecule has 1 amide bonds. The van der Waals surface area contributed by atoms with Crippen LogP contribution in [0.4, 0.5) is 5.82 Å². The van der Waals surface area contributed by atoms with Crippen LogP contribution in [0, 0.1) is 5.92 Å². The quantitative estimate of drug-likeness (QED) is 0.772. The highest BCUT2D eigenvalue weighted by Gasteiger charge is 2.29. The molecular weight excluding hydrogens is 382 g/mol. The minimum Gasteiger partial charge on any atom is -0.378 e. The van der Waals surface area contributed by atoms with E-state index in [1.54, 1.807) is 0 Å². The van der Waals surface area contributed by atoms with Crippen LogP contribution in [0.5, 0.6) is 0 Å². The third-order valence-corrected chi connectivity index (χ3v) is 5.79.